The fourth-order valence-corrected chi connectivity index (χ4v) is 4.78. The number of rotatable bonds is 6. The van der Waals surface area contributed by atoms with Crippen molar-refractivity contribution >= 4 is 21.4 Å². The molecule has 0 radical (unpaired) electrons. The number of amides is 1. The van der Waals surface area contributed by atoms with Gasteiger partial charge < -0.3 is 9.88 Å². The lowest BCUT2D eigenvalue weighted by molar-refractivity contribution is -0.137. The second-order valence-corrected chi connectivity index (χ2v) is 10.4. The summed E-state index contributed by atoms with van der Waals surface area (Å²) in [7, 11) is -3.78. The molecule has 4 rings (SSSR count). The first-order valence-corrected chi connectivity index (χ1v) is 12.8. The largest absolute Gasteiger partial charge is 0.417 e. The van der Waals surface area contributed by atoms with E-state index >= 15 is 0 Å². The van der Waals surface area contributed by atoms with Crippen molar-refractivity contribution in [3.63, 3.8) is 0 Å². The van der Waals surface area contributed by atoms with Gasteiger partial charge in [0, 0.05) is 29.9 Å². The van der Waals surface area contributed by atoms with E-state index in [-0.39, 0.29) is 23.4 Å². The van der Waals surface area contributed by atoms with Crippen molar-refractivity contribution in [3.05, 3.63) is 95.7 Å². The quantitative estimate of drug-likeness (QED) is 0.329. The second-order valence-electron chi connectivity index (χ2n) is 8.39. The average Bonchev–Trinajstić information content (AvgIpc) is 3.14. The number of hydrogen-bond acceptors (Lipinski definition) is 4. The molecule has 0 spiro atoms. The molecule has 2 aromatic heterocycles. The number of carbonyl (C=O) groups is 1. The SMILES string of the molecule is Cc1c(CC(=O)Nc2ccc(S(C)(=O)=O)c(F)c2)cn(-c2cccnc2)c1-c1ccccc1C(F)(F)F. The van der Waals surface area contributed by atoms with E-state index in [1.54, 1.807) is 29.8 Å². The van der Waals surface area contributed by atoms with Crippen molar-refractivity contribution in [1.29, 1.82) is 0 Å². The Labute approximate surface area is 210 Å². The van der Waals surface area contributed by atoms with Gasteiger partial charge in [0.15, 0.2) is 9.84 Å². The summed E-state index contributed by atoms with van der Waals surface area (Å²) in [6, 6.07) is 11.7. The number of benzene rings is 2. The van der Waals surface area contributed by atoms with Gasteiger partial charge in [-0.3, -0.25) is 9.78 Å². The van der Waals surface area contributed by atoms with Crippen LogP contribution in [0.15, 0.2) is 78.1 Å². The number of alkyl halides is 3. The summed E-state index contributed by atoms with van der Waals surface area (Å²) in [5.41, 5.74) is 0.827. The van der Waals surface area contributed by atoms with E-state index in [4.69, 9.17) is 0 Å². The minimum Gasteiger partial charge on any atom is -0.326 e. The van der Waals surface area contributed by atoms with Crippen LogP contribution < -0.4 is 5.32 Å². The fraction of sp³-hybridized carbons (Fsp3) is 0.154. The van der Waals surface area contributed by atoms with Crippen LogP contribution in [0.1, 0.15) is 16.7 Å². The van der Waals surface area contributed by atoms with Crippen LogP contribution in [0.2, 0.25) is 0 Å². The Kier molecular flexibility index (Phi) is 6.92. The minimum absolute atomic E-state index is 0.0434. The van der Waals surface area contributed by atoms with Crippen LogP contribution in [0, 0.1) is 12.7 Å². The van der Waals surface area contributed by atoms with Crippen molar-refractivity contribution in [1.82, 2.24) is 9.55 Å². The number of hydrogen-bond donors (Lipinski definition) is 1. The zero-order valence-corrected chi connectivity index (χ0v) is 20.5. The molecular weight excluding hydrogens is 510 g/mol. The van der Waals surface area contributed by atoms with Crippen LogP contribution >= 0.6 is 0 Å². The zero-order valence-electron chi connectivity index (χ0n) is 19.7. The molecule has 2 heterocycles. The molecule has 0 aliphatic carbocycles. The third-order valence-corrected chi connectivity index (χ3v) is 6.87. The molecule has 4 aromatic rings. The van der Waals surface area contributed by atoms with Gasteiger partial charge >= 0.3 is 6.18 Å². The summed E-state index contributed by atoms with van der Waals surface area (Å²) in [5, 5.41) is 2.51. The number of anilines is 1. The number of pyridine rings is 1. The fourth-order valence-electron chi connectivity index (χ4n) is 4.05. The smallest absolute Gasteiger partial charge is 0.326 e. The highest BCUT2D eigenvalue weighted by Gasteiger charge is 2.35. The van der Waals surface area contributed by atoms with Crippen molar-refractivity contribution in [2.75, 3.05) is 11.6 Å². The van der Waals surface area contributed by atoms with Crippen molar-refractivity contribution < 1.29 is 30.8 Å². The van der Waals surface area contributed by atoms with Crippen molar-refractivity contribution in [3.8, 4) is 16.9 Å². The van der Waals surface area contributed by atoms with Gasteiger partial charge in [0.25, 0.3) is 0 Å². The molecule has 6 nitrogen and oxygen atoms in total. The molecule has 37 heavy (non-hydrogen) atoms. The third kappa shape index (κ3) is 5.56. The molecular formula is C26H21F4N3O3S. The van der Waals surface area contributed by atoms with E-state index in [1.807, 2.05) is 0 Å². The first-order chi connectivity index (χ1) is 17.4. The Morgan fingerprint density at radius 2 is 1.81 bits per heavy atom. The molecule has 2 aromatic carbocycles. The number of halogens is 4. The molecule has 192 valence electrons. The van der Waals surface area contributed by atoms with E-state index in [0.29, 0.717) is 16.8 Å². The van der Waals surface area contributed by atoms with E-state index in [2.05, 4.69) is 10.3 Å². The lowest BCUT2D eigenvalue weighted by atomic mass is 9.99. The number of carbonyl (C=O) groups excluding carboxylic acids is 1. The van der Waals surface area contributed by atoms with Gasteiger partial charge in [-0.15, -0.1) is 0 Å². The van der Waals surface area contributed by atoms with Crippen LogP contribution in [-0.2, 0) is 27.2 Å². The Morgan fingerprint density at radius 1 is 1.08 bits per heavy atom. The molecule has 0 atom stereocenters. The molecule has 0 aliphatic rings. The minimum atomic E-state index is -4.60. The van der Waals surface area contributed by atoms with E-state index in [1.165, 1.54) is 36.7 Å². The number of nitrogens with one attached hydrogen (secondary N) is 1. The molecule has 0 saturated heterocycles. The van der Waals surface area contributed by atoms with Gasteiger partial charge in [0.05, 0.1) is 29.6 Å². The first-order valence-electron chi connectivity index (χ1n) is 10.9. The highest BCUT2D eigenvalue weighted by Crippen LogP contribution is 2.40. The number of sulfone groups is 1. The lowest BCUT2D eigenvalue weighted by Gasteiger charge is -2.16. The molecule has 0 bridgehead atoms. The zero-order chi connectivity index (χ0) is 27.0. The van der Waals surface area contributed by atoms with Crippen LogP contribution in [0.5, 0.6) is 0 Å². The van der Waals surface area contributed by atoms with E-state index < -0.39 is 38.2 Å². The Morgan fingerprint density at radius 3 is 2.43 bits per heavy atom. The standard InChI is InChI=1S/C26H21F4N3O3S/c1-16-17(12-24(34)32-18-9-10-23(22(27)13-18)37(2,35)36)15-33(19-6-5-11-31-14-19)25(16)20-7-3-4-8-21(20)26(28,29)30/h3-11,13-15H,12H2,1-2H3,(H,32,34). The van der Waals surface area contributed by atoms with Crippen LogP contribution in [0.4, 0.5) is 23.2 Å². The van der Waals surface area contributed by atoms with Gasteiger partial charge in [-0.1, -0.05) is 18.2 Å². The summed E-state index contributed by atoms with van der Waals surface area (Å²) < 4.78 is 80.5. The maximum Gasteiger partial charge on any atom is 0.417 e. The third-order valence-electron chi connectivity index (χ3n) is 5.74. The van der Waals surface area contributed by atoms with Gasteiger partial charge in [0.1, 0.15) is 10.7 Å². The predicted octanol–water partition coefficient (Wildman–Crippen LogP) is 5.59. The van der Waals surface area contributed by atoms with Crippen LogP contribution in [0.25, 0.3) is 16.9 Å². The molecule has 0 unspecified atom stereocenters. The molecule has 1 N–H and O–H groups in total. The normalized spacial score (nSPS) is 11.9. The van der Waals surface area contributed by atoms with Gasteiger partial charge in [-0.25, -0.2) is 12.8 Å². The Bertz CT molecular complexity index is 1580. The van der Waals surface area contributed by atoms with Crippen molar-refractivity contribution in [2.45, 2.75) is 24.4 Å². The molecule has 11 heteroatoms. The van der Waals surface area contributed by atoms with Crippen LogP contribution in [0.3, 0.4) is 0 Å². The molecule has 0 aliphatic heterocycles. The highest BCUT2D eigenvalue weighted by molar-refractivity contribution is 7.90. The Balaban J connectivity index is 1.73. The topological polar surface area (TPSA) is 81.1 Å². The summed E-state index contributed by atoms with van der Waals surface area (Å²) in [6.45, 7) is 1.62. The summed E-state index contributed by atoms with van der Waals surface area (Å²) in [6.07, 6.45) is 0.638. The lowest BCUT2D eigenvalue weighted by Crippen LogP contribution is -2.15. The maximum absolute atomic E-state index is 14.2. The average molecular weight is 532 g/mol. The van der Waals surface area contributed by atoms with Crippen LogP contribution in [-0.4, -0.2) is 30.1 Å². The van der Waals surface area contributed by atoms with Gasteiger partial charge in [-0.2, -0.15) is 13.2 Å². The van der Waals surface area contributed by atoms with Gasteiger partial charge in [-0.05, 0) is 54.4 Å². The molecule has 0 fully saturated rings. The Hall–Kier alpha value is -3.99. The summed E-state index contributed by atoms with van der Waals surface area (Å²) in [5.74, 6) is -1.57. The highest BCUT2D eigenvalue weighted by atomic mass is 32.2. The monoisotopic (exact) mass is 531 g/mol. The predicted molar refractivity (Wildman–Crippen MR) is 131 cm³/mol. The second kappa shape index (κ2) is 9.81. The number of nitrogens with zero attached hydrogens (tertiary/aromatic N) is 2. The summed E-state index contributed by atoms with van der Waals surface area (Å²) >= 11 is 0. The molecule has 0 saturated carbocycles. The van der Waals surface area contributed by atoms with E-state index in [9.17, 15) is 30.8 Å². The maximum atomic E-state index is 14.2. The van der Waals surface area contributed by atoms with E-state index in [0.717, 1.165) is 24.5 Å². The first kappa shape index (κ1) is 26.1. The van der Waals surface area contributed by atoms with Gasteiger partial charge in [0.2, 0.25) is 5.91 Å². The molecule has 1 amide bonds. The number of aromatic nitrogens is 2. The summed E-state index contributed by atoms with van der Waals surface area (Å²) in [4.78, 5) is 16.4. The van der Waals surface area contributed by atoms with Crippen molar-refractivity contribution in [2.24, 2.45) is 0 Å².